The Morgan fingerprint density at radius 2 is 1.27 bits per heavy atom. The molecule has 0 fully saturated rings. The first-order valence-electron chi connectivity index (χ1n) is 9.10. The number of hydrogen-bond acceptors (Lipinski definition) is 2. The molecule has 132 valence electrons. The van der Waals surface area contributed by atoms with Crippen molar-refractivity contribution in [3.63, 3.8) is 0 Å². The minimum absolute atomic E-state index is 0.0217. The van der Waals surface area contributed by atoms with E-state index in [0.717, 1.165) is 25.7 Å². The molecule has 0 aliphatic heterocycles. The smallest absolute Gasteiger partial charge is 0.339 e. The zero-order valence-corrected chi connectivity index (χ0v) is 15.9. The Hall–Kier alpha value is 0.0500. The molecule has 0 aromatic carbocycles. The molecule has 0 saturated carbocycles. The van der Waals surface area contributed by atoms with E-state index < -0.39 is 10.8 Å². The lowest BCUT2D eigenvalue weighted by molar-refractivity contribution is -0.147. The van der Waals surface area contributed by atoms with Crippen LogP contribution in [0.5, 0.6) is 0 Å². The summed E-state index contributed by atoms with van der Waals surface area (Å²) >= 11 is 11.1. The molecule has 0 aromatic heterocycles. The first kappa shape index (κ1) is 22.1. The maximum absolute atomic E-state index is 11.4. The van der Waals surface area contributed by atoms with Crippen molar-refractivity contribution in [2.75, 3.05) is 0 Å². The van der Waals surface area contributed by atoms with Crippen molar-refractivity contribution in [2.45, 2.75) is 108 Å². The SMILES string of the molecule is CCCCCCCCCCCCC(CCC)OC(=O)C(Cl)Cl. The van der Waals surface area contributed by atoms with Crippen LogP contribution in [0.3, 0.4) is 0 Å². The summed E-state index contributed by atoms with van der Waals surface area (Å²) in [6.45, 7) is 4.35. The molecule has 0 aromatic rings. The predicted octanol–water partition coefficient (Wildman–Crippen LogP) is 6.81. The molecule has 0 spiro atoms. The fourth-order valence-electron chi connectivity index (χ4n) is 2.66. The minimum Gasteiger partial charge on any atom is -0.460 e. The number of halogens is 2. The third kappa shape index (κ3) is 13.7. The summed E-state index contributed by atoms with van der Waals surface area (Å²) < 4.78 is 5.33. The van der Waals surface area contributed by atoms with Gasteiger partial charge in [0.05, 0.1) is 0 Å². The summed E-state index contributed by atoms with van der Waals surface area (Å²) in [5.41, 5.74) is 0. The molecule has 0 heterocycles. The second kappa shape index (κ2) is 15.9. The maximum atomic E-state index is 11.4. The number of hydrogen-bond donors (Lipinski definition) is 0. The van der Waals surface area contributed by atoms with Gasteiger partial charge < -0.3 is 4.74 Å². The van der Waals surface area contributed by atoms with Gasteiger partial charge in [-0.05, 0) is 19.3 Å². The van der Waals surface area contributed by atoms with Gasteiger partial charge in [-0.2, -0.15) is 0 Å². The van der Waals surface area contributed by atoms with E-state index in [9.17, 15) is 4.79 Å². The van der Waals surface area contributed by atoms with E-state index in [-0.39, 0.29) is 6.10 Å². The number of carbonyl (C=O) groups excluding carboxylic acids is 1. The van der Waals surface area contributed by atoms with Crippen LogP contribution in [0.1, 0.15) is 97.3 Å². The molecule has 0 bridgehead atoms. The number of rotatable bonds is 15. The van der Waals surface area contributed by atoms with Crippen molar-refractivity contribution in [3.8, 4) is 0 Å². The Morgan fingerprint density at radius 1 is 0.773 bits per heavy atom. The Labute approximate surface area is 147 Å². The second-order valence-corrected chi connectivity index (χ2v) is 7.22. The third-order valence-electron chi connectivity index (χ3n) is 3.95. The van der Waals surface area contributed by atoms with E-state index in [1.165, 1.54) is 57.8 Å². The molecule has 4 heteroatoms. The molecule has 0 aliphatic rings. The summed E-state index contributed by atoms with van der Waals surface area (Å²) in [6.07, 6.45) is 16.0. The Bertz CT molecular complexity index is 257. The quantitative estimate of drug-likeness (QED) is 0.184. The zero-order chi connectivity index (χ0) is 16.6. The molecule has 0 saturated heterocycles. The van der Waals surface area contributed by atoms with E-state index in [2.05, 4.69) is 13.8 Å². The van der Waals surface area contributed by atoms with Crippen molar-refractivity contribution >= 4 is 29.2 Å². The van der Waals surface area contributed by atoms with Crippen LogP contribution in [-0.2, 0) is 9.53 Å². The first-order chi connectivity index (χ1) is 10.6. The van der Waals surface area contributed by atoms with Crippen LogP contribution in [-0.4, -0.2) is 16.9 Å². The Kier molecular flexibility index (Phi) is 16.0. The molecule has 1 unspecified atom stereocenters. The van der Waals surface area contributed by atoms with Crippen LogP contribution >= 0.6 is 23.2 Å². The molecule has 22 heavy (non-hydrogen) atoms. The lowest BCUT2D eigenvalue weighted by atomic mass is 10.0. The number of ether oxygens (including phenoxy) is 1. The zero-order valence-electron chi connectivity index (χ0n) is 14.4. The second-order valence-electron chi connectivity index (χ2n) is 6.12. The normalized spacial score (nSPS) is 12.6. The largest absolute Gasteiger partial charge is 0.460 e. The molecule has 0 rings (SSSR count). The van der Waals surface area contributed by atoms with Gasteiger partial charge in [-0.1, -0.05) is 101 Å². The number of unbranched alkanes of at least 4 members (excludes halogenated alkanes) is 9. The monoisotopic (exact) mass is 352 g/mol. The van der Waals surface area contributed by atoms with Crippen LogP contribution < -0.4 is 0 Å². The van der Waals surface area contributed by atoms with E-state index in [4.69, 9.17) is 27.9 Å². The fraction of sp³-hybridized carbons (Fsp3) is 0.944. The van der Waals surface area contributed by atoms with Crippen LogP contribution in [0.25, 0.3) is 0 Å². The minimum atomic E-state index is -1.06. The van der Waals surface area contributed by atoms with Crippen LogP contribution in [0.2, 0.25) is 0 Å². The molecule has 0 N–H and O–H groups in total. The maximum Gasteiger partial charge on any atom is 0.339 e. The van der Waals surface area contributed by atoms with Gasteiger partial charge in [0, 0.05) is 0 Å². The summed E-state index contributed by atoms with van der Waals surface area (Å²) in [4.78, 5) is 10.4. The summed E-state index contributed by atoms with van der Waals surface area (Å²) in [6, 6.07) is 0. The van der Waals surface area contributed by atoms with E-state index in [1.807, 2.05) is 0 Å². The van der Waals surface area contributed by atoms with Gasteiger partial charge >= 0.3 is 5.97 Å². The van der Waals surface area contributed by atoms with Gasteiger partial charge in [0.15, 0.2) is 0 Å². The third-order valence-corrected chi connectivity index (χ3v) is 4.31. The molecule has 0 aliphatic carbocycles. The van der Waals surface area contributed by atoms with Gasteiger partial charge in [0.1, 0.15) is 6.10 Å². The number of alkyl halides is 2. The summed E-state index contributed by atoms with van der Waals surface area (Å²) in [5, 5.41) is 0. The van der Waals surface area contributed by atoms with Gasteiger partial charge in [-0.25, -0.2) is 4.79 Å². The topological polar surface area (TPSA) is 26.3 Å². The van der Waals surface area contributed by atoms with Crippen LogP contribution in [0.15, 0.2) is 0 Å². The lowest BCUT2D eigenvalue weighted by Crippen LogP contribution is -2.22. The van der Waals surface area contributed by atoms with Gasteiger partial charge in [0.2, 0.25) is 4.84 Å². The van der Waals surface area contributed by atoms with E-state index in [0.29, 0.717) is 0 Å². The van der Waals surface area contributed by atoms with Crippen molar-refractivity contribution in [1.29, 1.82) is 0 Å². The predicted molar refractivity (Wildman–Crippen MR) is 96.7 cm³/mol. The molecule has 0 amide bonds. The van der Waals surface area contributed by atoms with Crippen molar-refractivity contribution in [3.05, 3.63) is 0 Å². The van der Waals surface area contributed by atoms with Crippen molar-refractivity contribution in [2.24, 2.45) is 0 Å². The van der Waals surface area contributed by atoms with Gasteiger partial charge in [0.25, 0.3) is 0 Å². The fourth-order valence-corrected chi connectivity index (χ4v) is 2.76. The Balaban J connectivity index is 3.54. The Morgan fingerprint density at radius 3 is 1.73 bits per heavy atom. The molecule has 1 atom stereocenters. The number of esters is 1. The van der Waals surface area contributed by atoms with Crippen LogP contribution in [0, 0.1) is 0 Å². The summed E-state index contributed by atoms with van der Waals surface area (Å²) in [7, 11) is 0. The average molecular weight is 353 g/mol. The average Bonchev–Trinajstić information content (AvgIpc) is 2.49. The lowest BCUT2D eigenvalue weighted by Gasteiger charge is -2.17. The van der Waals surface area contributed by atoms with E-state index >= 15 is 0 Å². The highest BCUT2D eigenvalue weighted by atomic mass is 35.5. The molecule has 2 nitrogen and oxygen atoms in total. The molecule has 0 radical (unpaired) electrons. The molecular formula is C18H34Cl2O2. The van der Waals surface area contributed by atoms with E-state index in [1.54, 1.807) is 0 Å². The van der Waals surface area contributed by atoms with Gasteiger partial charge in [-0.15, -0.1) is 0 Å². The standard InChI is InChI=1S/C18H34Cl2O2/c1-3-5-6-7-8-9-10-11-12-13-15-16(14-4-2)22-18(21)17(19)20/h16-17H,3-15H2,1-2H3. The van der Waals surface area contributed by atoms with Crippen LogP contribution in [0.4, 0.5) is 0 Å². The highest BCUT2D eigenvalue weighted by Crippen LogP contribution is 2.17. The number of carbonyl (C=O) groups is 1. The summed E-state index contributed by atoms with van der Waals surface area (Å²) in [5.74, 6) is -0.506. The highest BCUT2D eigenvalue weighted by Gasteiger charge is 2.18. The highest BCUT2D eigenvalue weighted by molar-refractivity contribution is 6.52. The van der Waals surface area contributed by atoms with Gasteiger partial charge in [-0.3, -0.25) is 0 Å². The molecular weight excluding hydrogens is 319 g/mol. The van der Waals surface area contributed by atoms with Crippen molar-refractivity contribution < 1.29 is 9.53 Å². The van der Waals surface area contributed by atoms with Crippen molar-refractivity contribution in [1.82, 2.24) is 0 Å². The first-order valence-corrected chi connectivity index (χ1v) is 9.97.